The maximum absolute atomic E-state index is 13.1. The Morgan fingerprint density at radius 2 is 1.81 bits per heavy atom. The number of nitro benzene ring substituents is 1. The largest absolute Gasteiger partial charge is 0.383 e. The molecule has 1 aliphatic rings. The molecule has 1 saturated heterocycles. The second-order valence-corrected chi connectivity index (χ2v) is 7.54. The summed E-state index contributed by atoms with van der Waals surface area (Å²) in [4.78, 5) is 51.4. The highest BCUT2D eigenvalue weighted by molar-refractivity contribution is 6.09. The number of imide groups is 1. The number of carbonyl (C=O) groups excluding carboxylic acids is 3. The van der Waals surface area contributed by atoms with Crippen molar-refractivity contribution in [3.63, 3.8) is 0 Å². The van der Waals surface area contributed by atoms with Gasteiger partial charge in [-0.1, -0.05) is 30.3 Å². The van der Waals surface area contributed by atoms with Crippen LogP contribution in [0, 0.1) is 10.1 Å². The Kier molecular flexibility index (Phi) is 6.84. The van der Waals surface area contributed by atoms with E-state index < -0.39 is 34.9 Å². The molecule has 1 heterocycles. The van der Waals surface area contributed by atoms with Crippen molar-refractivity contribution >= 4 is 23.5 Å². The zero-order valence-corrected chi connectivity index (χ0v) is 17.8. The minimum Gasteiger partial charge on any atom is -0.383 e. The Morgan fingerprint density at radius 3 is 2.41 bits per heavy atom. The van der Waals surface area contributed by atoms with Crippen molar-refractivity contribution in [3.05, 3.63) is 75.8 Å². The molecule has 1 fully saturated rings. The Hall–Kier alpha value is -3.79. The van der Waals surface area contributed by atoms with Gasteiger partial charge in [-0.2, -0.15) is 0 Å². The van der Waals surface area contributed by atoms with Crippen LogP contribution in [-0.4, -0.2) is 59.4 Å². The number of nitrogens with zero attached hydrogens (tertiary/aromatic N) is 3. The van der Waals surface area contributed by atoms with E-state index >= 15 is 0 Å². The normalized spacial score (nSPS) is 17.9. The van der Waals surface area contributed by atoms with Crippen LogP contribution in [-0.2, 0) is 26.4 Å². The predicted octanol–water partition coefficient (Wildman–Crippen LogP) is 2.04. The van der Waals surface area contributed by atoms with Crippen molar-refractivity contribution in [2.45, 2.75) is 19.0 Å². The molecule has 4 amide bonds. The summed E-state index contributed by atoms with van der Waals surface area (Å²) in [7, 11) is 1.53. The van der Waals surface area contributed by atoms with Crippen LogP contribution >= 0.6 is 0 Å². The fourth-order valence-electron chi connectivity index (χ4n) is 3.49. The number of nitro groups is 1. The number of methoxy groups -OCH3 is 1. The fraction of sp³-hybridized carbons (Fsp3) is 0.318. The van der Waals surface area contributed by atoms with E-state index in [1.54, 1.807) is 0 Å². The van der Waals surface area contributed by atoms with E-state index in [0.29, 0.717) is 25.3 Å². The number of non-ortho nitro benzene ring substituents is 1. The molecule has 2 aromatic rings. The number of hydrogen-bond acceptors (Lipinski definition) is 6. The summed E-state index contributed by atoms with van der Waals surface area (Å²) in [6.45, 7) is 1.99. The topological polar surface area (TPSA) is 122 Å². The molecule has 0 saturated carbocycles. The maximum atomic E-state index is 13.1. The van der Waals surface area contributed by atoms with Crippen molar-refractivity contribution in [2.75, 3.05) is 26.8 Å². The van der Waals surface area contributed by atoms with E-state index in [1.807, 2.05) is 30.3 Å². The van der Waals surface area contributed by atoms with Crippen molar-refractivity contribution in [1.29, 1.82) is 0 Å². The zero-order chi connectivity index (χ0) is 23.3. The third-order valence-corrected chi connectivity index (χ3v) is 5.36. The second-order valence-electron chi connectivity index (χ2n) is 7.54. The number of hydrogen-bond donors (Lipinski definition) is 1. The van der Waals surface area contributed by atoms with Gasteiger partial charge in [0.25, 0.3) is 11.6 Å². The van der Waals surface area contributed by atoms with Crippen molar-refractivity contribution in [2.24, 2.45) is 0 Å². The first-order valence-electron chi connectivity index (χ1n) is 9.96. The Morgan fingerprint density at radius 1 is 1.16 bits per heavy atom. The molecular formula is C22H24N4O6. The minimum atomic E-state index is -1.43. The van der Waals surface area contributed by atoms with Gasteiger partial charge in [-0.3, -0.25) is 24.6 Å². The average molecular weight is 440 g/mol. The van der Waals surface area contributed by atoms with Crippen LogP contribution < -0.4 is 5.32 Å². The van der Waals surface area contributed by atoms with Gasteiger partial charge in [-0.15, -0.1) is 0 Å². The van der Waals surface area contributed by atoms with Crippen LogP contribution in [0.25, 0.3) is 0 Å². The lowest BCUT2D eigenvalue weighted by Gasteiger charge is -2.25. The molecular weight excluding hydrogens is 416 g/mol. The van der Waals surface area contributed by atoms with Gasteiger partial charge in [0, 0.05) is 32.3 Å². The van der Waals surface area contributed by atoms with Crippen LogP contribution in [0.1, 0.15) is 18.1 Å². The van der Waals surface area contributed by atoms with Gasteiger partial charge in [0.2, 0.25) is 5.91 Å². The smallest absolute Gasteiger partial charge is 0.325 e. The minimum absolute atomic E-state index is 0.129. The average Bonchev–Trinajstić information content (AvgIpc) is 3.01. The second kappa shape index (κ2) is 9.56. The van der Waals surface area contributed by atoms with Crippen LogP contribution in [0.2, 0.25) is 0 Å². The summed E-state index contributed by atoms with van der Waals surface area (Å²) in [6.07, 6.45) is 0. The third kappa shape index (κ3) is 4.75. The summed E-state index contributed by atoms with van der Waals surface area (Å²) in [5.41, 5.74) is -0.263. The maximum Gasteiger partial charge on any atom is 0.325 e. The van der Waals surface area contributed by atoms with Gasteiger partial charge in [-0.05, 0) is 30.2 Å². The monoisotopic (exact) mass is 440 g/mol. The highest BCUT2D eigenvalue weighted by Crippen LogP contribution is 2.30. The Balaban J connectivity index is 1.76. The molecule has 1 aliphatic heterocycles. The molecule has 3 rings (SSSR count). The molecule has 1 atom stereocenters. The number of nitrogens with one attached hydrogen (secondary N) is 1. The number of ether oxygens (including phenoxy) is 1. The molecule has 10 nitrogen and oxygen atoms in total. The molecule has 10 heteroatoms. The highest BCUT2D eigenvalue weighted by atomic mass is 16.6. The number of amides is 4. The molecule has 32 heavy (non-hydrogen) atoms. The molecule has 168 valence electrons. The van der Waals surface area contributed by atoms with Gasteiger partial charge in [0.05, 0.1) is 11.5 Å². The van der Waals surface area contributed by atoms with E-state index in [1.165, 1.54) is 43.2 Å². The molecule has 0 aromatic heterocycles. The van der Waals surface area contributed by atoms with E-state index in [-0.39, 0.29) is 5.69 Å². The van der Waals surface area contributed by atoms with E-state index in [4.69, 9.17) is 4.74 Å². The number of benzene rings is 2. The molecule has 0 spiro atoms. The third-order valence-electron chi connectivity index (χ3n) is 5.36. The number of carbonyl (C=O) groups is 3. The standard InChI is InChI=1S/C22H24N4O6/c1-22(17-8-10-18(11-9-17)26(30)31)20(28)25(21(29)23-22)15-19(27)24(12-13-32-2)14-16-6-4-3-5-7-16/h3-11H,12-15H2,1-2H3,(H,23,29). The molecule has 1 N–H and O–H groups in total. The summed E-state index contributed by atoms with van der Waals surface area (Å²) in [5.74, 6) is -1.00. The van der Waals surface area contributed by atoms with E-state index in [0.717, 1.165) is 10.5 Å². The van der Waals surface area contributed by atoms with Gasteiger partial charge in [0.15, 0.2) is 0 Å². The van der Waals surface area contributed by atoms with Crippen LogP contribution in [0.5, 0.6) is 0 Å². The first-order chi connectivity index (χ1) is 15.3. The molecule has 2 aromatic carbocycles. The van der Waals surface area contributed by atoms with Crippen molar-refractivity contribution in [3.8, 4) is 0 Å². The summed E-state index contributed by atoms with van der Waals surface area (Å²) in [6, 6.07) is 14.0. The van der Waals surface area contributed by atoms with Crippen molar-refractivity contribution < 1.29 is 24.0 Å². The first kappa shape index (κ1) is 22.9. The summed E-state index contributed by atoms with van der Waals surface area (Å²) in [5, 5.41) is 13.5. The lowest BCUT2D eigenvalue weighted by atomic mass is 9.92. The van der Waals surface area contributed by atoms with Crippen molar-refractivity contribution in [1.82, 2.24) is 15.1 Å². The summed E-state index contributed by atoms with van der Waals surface area (Å²) >= 11 is 0. The van der Waals surface area contributed by atoms with Gasteiger partial charge < -0.3 is 15.0 Å². The predicted molar refractivity (Wildman–Crippen MR) is 114 cm³/mol. The molecule has 0 bridgehead atoms. The van der Waals surface area contributed by atoms with Gasteiger partial charge in [0.1, 0.15) is 12.1 Å². The lowest BCUT2D eigenvalue weighted by Crippen LogP contribution is -2.45. The highest BCUT2D eigenvalue weighted by Gasteiger charge is 2.49. The van der Waals surface area contributed by atoms with E-state index in [2.05, 4.69) is 5.32 Å². The van der Waals surface area contributed by atoms with Gasteiger partial charge >= 0.3 is 6.03 Å². The Bertz CT molecular complexity index is 1010. The van der Waals surface area contributed by atoms with Crippen LogP contribution in [0.3, 0.4) is 0 Å². The zero-order valence-electron chi connectivity index (χ0n) is 17.8. The molecule has 0 radical (unpaired) electrons. The SMILES string of the molecule is COCCN(Cc1ccccc1)C(=O)CN1C(=O)NC(C)(c2ccc([N+](=O)[O-])cc2)C1=O. The van der Waals surface area contributed by atoms with Crippen LogP contribution in [0.15, 0.2) is 54.6 Å². The van der Waals surface area contributed by atoms with E-state index in [9.17, 15) is 24.5 Å². The molecule has 0 aliphatic carbocycles. The fourth-order valence-corrected chi connectivity index (χ4v) is 3.49. The van der Waals surface area contributed by atoms with Gasteiger partial charge in [-0.25, -0.2) is 4.79 Å². The number of rotatable bonds is 9. The quantitative estimate of drug-likeness (QED) is 0.362. The lowest BCUT2D eigenvalue weighted by molar-refractivity contribution is -0.384. The molecule has 1 unspecified atom stereocenters. The first-order valence-corrected chi connectivity index (χ1v) is 9.96. The number of urea groups is 1. The van der Waals surface area contributed by atoms with Crippen LogP contribution in [0.4, 0.5) is 10.5 Å². The Labute approximate surface area is 184 Å². The summed E-state index contributed by atoms with van der Waals surface area (Å²) < 4.78 is 5.09.